The lowest BCUT2D eigenvalue weighted by atomic mass is 9.87. The number of carbonyl (C=O) groups is 1. The van der Waals surface area contributed by atoms with Crippen LogP contribution in [0.5, 0.6) is 0 Å². The van der Waals surface area contributed by atoms with Crippen molar-refractivity contribution in [1.29, 1.82) is 0 Å². The lowest BCUT2D eigenvalue weighted by Crippen LogP contribution is -2.64. The Balaban J connectivity index is 1.46. The van der Waals surface area contributed by atoms with E-state index in [4.69, 9.17) is 10.5 Å². The molecule has 1 fully saturated rings. The number of nitrogens with zero attached hydrogens (tertiary/aromatic N) is 1. The maximum atomic E-state index is 12.5. The first-order valence-corrected chi connectivity index (χ1v) is 9.56. The summed E-state index contributed by atoms with van der Waals surface area (Å²) in [6, 6.07) is 30.3. The molecule has 0 bridgehead atoms. The number of nitrogens with two attached hydrogens (primary N) is 1. The average molecular weight is 372 g/mol. The van der Waals surface area contributed by atoms with E-state index in [2.05, 4.69) is 29.2 Å². The van der Waals surface area contributed by atoms with Crippen LogP contribution in [0.25, 0.3) is 0 Å². The van der Waals surface area contributed by atoms with Gasteiger partial charge in [-0.2, -0.15) is 0 Å². The van der Waals surface area contributed by atoms with Crippen molar-refractivity contribution in [3.8, 4) is 0 Å². The van der Waals surface area contributed by atoms with Crippen LogP contribution >= 0.6 is 0 Å². The quantitative estimate of drug-likeness (QED) is 0.670. The highest BCUT2D eigenvalue weighted by atomic mass is 16.5. The summed E-state index contributed by atoms with van der Waals surface area (Å²) in [7, 11) is 0. The Bertz CT molecular complexity index is 860. The van der Waals surface area contributed by atoms with Crippen molar-refractivity contribution < 1.29 is 9.53 Å². The van der Waals surface area contributed by atoms with Gasteiger partial charge in [-0.05, 0) is 16.7 Å². The van der Waals surface area contributed by atoms with Crippen molar-refractivity contribution in [2.24, 2.45) is 11.7 Å². The Labute approximate surface area is 165 Å². The first-order valence-electron chi connectivity index (χ1n) is 9.56. The molecular weight excluding hydrogens is 348 g/mol. The second kappa shape index (κ2) is 8.38. The molecule has 3 aromatic rings. The van der Waals surface area contributed by atoms with E-state index in [1.807, 2.05) is 66.7 Å². The molecule has 0 spiro atoms. The summed E-state index contributed by atoms with van der Waals surface area (Å²) in [5.41, 5.74) is 9.75. The SMILES string of the molecule is NC1C(C(=O)OCc2ccccc2)CN1C(c1ccccc1)c1ccccc1. The van der Waals surface area contributed by atoms with Crippen molar-refractivity contribution in [2.45, 2.75) is 18.8 Å². The van der Waals surface area contributed by atoms with Crippen molar-refractivity contribution >= 4 is 5.97 Å². The van der Waals surface area contributed by atoms with E-state index in [0.29, 0.717) is 6.54 Å². The lowest BCUT2D eigenvalue weighted by Gasteiger charge is -2.49. The van der Waals surface area contributed by atoms with Gasteiger partial charge in [0.2, 0.25) is 0 Å². The number of benzene rings is 3. The molecule has 0 aliphatic carbocycles. The molecule has 2 unspecified atom stereocenters. The number of hydrogen-bond donors (Lipinski definition) is 1. The van der Waals surface area contributed by atoms with Gasteiger partial charge in [0.05, 0.1) is 18.1 Å². The summed E-state index contributed by atoms with van der Waals surface area (Å²) in [5, 5.41) is 0. The van der Waals surface area contributed by atoms with Crippen LogP contribution in [0.1, 0.15) is 22.7 Å². The standard InChI is InChI=1S/C24H24N2O2/c25-23-21(24(27)28-17-18-10-4-1-5-11-18)16-26(23)22(19-12-6-2-7-13-19)20-14-8-3-9-15-20/h1-15,21-23H,16-17,25H2. The molecule has 4 nitrogen and oxygen atoms in total. The molecule has 1 aliphatic heterocycles. The van der Waals surface area contributed by atoms with Crippen molar-refractivity contribution in [3.63, 3.8) is 0 Å². The monoisotopic (exact) mass is 372 g/mol. The van der Waals surface area contributed by atoms with Gasteiger partial charge in [-0.1, -0.05) is 91.0 Å². The van der Waals surface area contributed by atoms with Crippen LogP contribution in [-0.2, 0) is 16.1 Å². The van der Waals surface area contributed by atoms with E-state index in [0.717, 1.165) is 5.56 Å². The van der Waals surface area contributed by atoms with E-state index in [1.54, 1.807) is 0 Å². The third-order valence-electron chi connectivity index (χ3n) is 5.29. The van der Waals surface area contributed by atoms with E-state index in [-0.39, 0.29) is 30.7 Å². The van der Waals surface area contributed by atoms with Gasteiger partial charge in [0.15, 0.2) is 0 Å². The zero-order chi connectivity index (χ0) is 19.3. The molecule has 0 saturated carbocycles. The van der Waals surface area contributed by atoms with Gasteiger partial charge in [0.1, 0.15) is 6.61 Å². The first-order chi connectivity index (χ1) is 13.7. The summed E-state index contributed by atoms with van der Waals surface area (Å²) in [4.78, 5) is 14.7. The molecule has 2 atom stereocenters. The maximum absolute atomic E-state index is 12.5. The van der Waals surface area contributed by atoms with E-state index >= 15 is 0 Å². The topological polar surface area (TPSA) is 55.6 Å². The van der Waals surface area contributed by atoms with E-state index in [1.165, 1.54) is 11.1 Å². The van der Waals surface area contributed by atoms with Crippen LogP contribution in [0, 0.1) is 5.92 Å². The van der Waals surface area contributed by atoms with Crippen LogP contribution in [-0.4, -0.2) is 23.6 Å². The third kappa shape index (κ3) is 3.84. The highest BCUT2D eigenvalue weighted by molar-refractivity contribution is 5.74. The fourth-order valence-corrected chi connectivity index (χ4v) is 3.72. The number of likely N-dealkylation sites (tertiary alicyclic amines) is 1. The highest BCUT2D eigenvalue weighted by Gasteiger charge is 2.46. The fraction of sp³-hybridized carbons (Fsp3) is 0.208. The fourth-order valence-electron chi connectivity index (χ4n) is 3.72. The smallest absolute Gasteiger partial charge is 0.313 e. The first kappa shape index (κ1) is 18.4. The summed E-state index contributed by atoms with van der Waals surface area (Å²) in [6.07, 6.45) is -0.367. The minimum atomic E-state index is -0.367. The number of rotatable bonds is 6. The largest absolute Gasteiger partial charge is 0.460 e. The summed E-state index contributed by atoms with van der Waals surface area (Å²) >= 11 is 0. The Morgan fingerprint density at radius 3 is 1.89 bits per heavy atom. The Morgan fingerprint density at radius 1 is 0.893 bits per heavy atom. The average Bonchev–Trinajstić information content (AvgIpc) is 2.76. The molecule has 142 valence electrons. The molecule has 0 amide bonds. The molecule has 1 heterocycles. The predicted molar refractivity (Wildman–Crippen MR) is 109 cm³/mol. The summed E-state index contributed by atoms with van der Waals surface area (Å²) in [6.45, 7) is 0.868. The van der Waals surface area contributed by atoms with Gasteiger partial charge < -0.3 is 10.5 Å². The minimum Gasteiger partial charge on any atom is -0.460 e. The Morgan fingerprint density at radius 2 is 1.39 bits per heavy atom. The highest BCUT2D eigenvalue weighted by Crippen LogP contribution is 2.37. The number of hydrogen-bond acceptors (Lipinski definition) is 4. The Kier molecular flexibility index (Phi) is 5.51. The van der Waals surface area contributed by atoms with Crippen LogP contribution in [0.3, 0.4) is 0 Å². The Hall–Kier alpha value is -2.95. The zero-order valence-corrected chi connectivity index (χ0v) is 15.6. The lowest BCUT2D eigenvalue weighted by molar-refractivity contribution is -0.162. The van der Waals surface area contributed by atoms with Crippen molar-refractivity contribution in [1.82, 2.24) is 4.90 Å². The van der Waals surface area contributed by atoms with Crippen LogP contribution in [0.2, 0.25) is 0 Å². The molecule has 0 aromatic heterocycles. The van der Waals surface area contributed by atoms with Crippen LogP contribution < -0.4 is 5.73 Å². The number of ether oxygens (including phenoxy) is 1. The van der Waals surface area contributed by atoms with Crippen LogP contribution in [0.15, 0.2) is 91.0 Å². The normalized spacial score (nSPS) is 19.2. The maximum Gasteiger partial charge on any atom is 0.313 e. The molecule has 4 heteroatoms. The van der Waals surface area contributed by atoms with Gasteiger partial charge in [0, 0.05) is 6.54 Å². The van der Waals surface area contributed by atoms with Crippen molar-refractivity contribution in [2.75, 3.05) is 6.54 Å². The molecule has 3 aromatic carbocycles. The number of carbonyl (C=O) groups excluding carboxylic acids is 1. The van der Waals surface area contributed by atoms with Gasteiger partial charge >= 0.3 is 5.97 Å². The van der Waals surface area contributed by atoms with Gasteiger partial charge in [0.25, 0.3) is 0 Å². The van der Waals surface area contributed by atoms with E-state index < -0.39 is 0 Å². The zero-order valence-electron chi connectivity index (χ0n) is 15.6. The third-order valence-corrected chi connectivity index (χ3v) is 5.29. The van der Waals surface area contributed by atoms with Crippen molar-refractivity contribution in [3.05, 3.63) is 108 Å². The molecule has 1 aliphatic rings. The van der Waals surface area contributed by atoms with Gasteiger partial charge in [-0.25, -0.2) is 0 Å². The molecule has 4 rings (SSSR count). The second-order valence-electron chi connectivity index (χ2n) is 7.11. The predicted octanol–water partition coefficient (Wildman–Crippen LogP) is 3.74. The molecule has 1 saturated heterocycles. The van der Waals surface area contributed by atoms with E-state index in [9.17, 15) is 4.79 Å². The molecule has 2 N–H and O–H groups in total. The molecule has 0 radical (unpaired) electrons. The van der Waals surface area contributed by atoms with Crippen LogP contribution in [0.4, 0.5) is 0 Å². The second-order valence-corrected chi connectivity index (χ2v) is 7.11. The molecule has 28 heavy (non-hydrogen) atoms. The van der Waals surface area contributed by atoms with Gasteiger partial charge in [-0.15, -0.1) is 0 Å². The number of esters is 1. The minimum absolute atomic E-state index is 0.0237. The summed E-state index contributed by atoms with van der Waals surface area (Å²) < 4.78 is 5.50. The van der Waals surface area contributed by atoms with Gasteiger partial charge in [-0.3, -0.25) is 9.69 Å². The summed E-state index contributed by atoms with van der Waals surface area (Å²) in [5.74, 6) is -0.536. The molecular formula is C24H24N2O2.